The number of hydrogen-bond donors (Lipinski definition) is 0. The number of amides is 1. The summed E-state index contributed by atoms with van der Waals surface area (Å²) in [6, 6.07) is 0. The van der Waals surface area contributed by atoms with Crippen LogP contribution in [0, 0.1) is 11.8 Å². The molecule has 1 atom stereocenters. The maximum Gasteiger partial charge on any atom is 0.248 e. The van der Waals surface area contributed by atoms with E-state index in [1.807, 2.05) is 4.90 Å². The van der Waals surface area contributed by atoms with Crippen LogP contribution in [0.4, 0.5) is 8.78 Å². The molecular formula is C12H18BrF2NO. The highest BCUT2D eigenvalue weighted by Crippen LogP contribution is 2.37. The molecule has 2 aliphatic rings. The predicted molar refractivity (Wildman–Crippen MR) is 65.4 cm³/mol. The van der Waals surface area contributed by atoms with E-state index in [1.54, 1.807) is 0 Å². The third kappa shape index (κ3) is 3.18. The van der Waals surface area contributed by atoms with E-state index < -0.39 is 5.92 Å². The van der Waals surface area contributed by atoms with Crippen LogP contribution in [-0.2, 0) is 4.79 Å². The fraction of sp³-hybridized carbons (Fsp3) is 0.917. The van der Waals surface area contributed by atoms with Crippen molar-refractivity contribution in [3.63, 3.8) is 0 Å². The van der Waals surface area contributed by atoms with Gasteiger partial charge in [0.05, 0.1) is 0 Å². The zero-order valence-electron chi connectivity index (χ0n) is 9.80. The van der Waals surface area contributed by atoms with Gasteiger partial charge in [-0.1, -0.05) is 15.9 Å². The monoisotopic (exact) mass is 309 g/mol. The second-order valence-corrected chi connectivity index (χ2v) is 5.87. The Kier molecular flexibility index (Phi) is 4.06. The third-order valence-corrected chi connectivity index (χ3v) is 4.80. The normalized spacial score (nSPS) is 29.6. The minimum Gasteiger partial charge on any atom is -0.342 e. The number of likely N-dealkylation sites (tertiary alicyclic amines) is 1. The molecule has 17 heavy (non-hydrogen) atoms. The lowest BCUT2D eigenvalue weighted by molar-refractivity contribution is -0.138. The van der Waals surface area contributed by atoms with Gasteiger partial charge in [-0.05, 0) is 25.2 Å². The van der Waals surface area contributed by atoms with Crippen LogP contribution in [0.15, 0.2) is 0 Å². The van der Waals surface area contributed by atoms with Crippen molar-refractivity contribution < 1.29 is 13.6 Å². The molecule has 1 unspecified atom stereocenters. The molecule has 2 nitrogen and oxygen atoms in total. The lowest BCUT2D eigenvalue weighted by atomic mass is 9.86. The van der Waals surface area contributed by atoms with Crippen molar-refractivity contribution in [2.45, 2.75) is 38.0 Å². The molecule has 1 saturated carbocycles. The summed E-state index contributed by atoms with van der Waals surface area (Å²) < 4.78 is 26.0. The molecule has 1 saturated heterocycles. The van der Waals surface area contributed by atoms with Gasteiger partial charge < -0.3 is 4.90 Å². The SMILES string of the molecule is O=C(C1CCC(F)(F)CC1)N1CCC(CBr)C1. The summed E-state index contributed by atoms with van der Waals surface area (Å²) >= 11 is 3.43. The Balaban J connectivity index is 1.85. The summed E-state index contributed by atoms with van der Waals surface area (Å²) in [7, 11) is 0. The molecule has 1 heterocycles. The van der Waals surface area contributed by atoms with Gasteiger partial charge in [-0.15, -0.1) is 0 Å². The van der Waals surface area contributed by atoms with Crippen molar-refractivity contribution in [1.29, 1.82) is 0 Å². The lowest BCUT2D eigenvalue weighted by Gasteiger charge is -2.30. The molecule has 1 aliphatic heterocycles. The molecule has 0 aromatic heterocycles. The molecule has 0 aromatic carbocycles. The van der Waals surface area contributed by atoms with Crippen LogP contribution in [0.25, 0.3) is 0 Å². The van der Waals surface area contributed by atoms with Crippen molar-refractivity contribution in [2.24, 2.45) is 11.8 Å². The van der Waals surface area contributed by atoms with Gasteiger partial charge in [0.1, 0.15) is 0 Å². The molecular weight excluding hydrogens is 292 g/mol. The van der Waals surface area contributed by atoms with Crippen molar-refractivity contribution in [3.05, 3.63) is 0 Å². The summed E-state index contributed by atoms with van der Waals surface area (Å²) in [5.74, 6) is -2.07. The van der Waals surface area contributed by atoms with E-state index in [0.717, 1.165) is 24.8 Å². The largest absolute Gasteiger partial charge is 0.342 e. The fourth-order valence-electron chi connectivity index (χ4n) is 2.70. The van der Waals surface area contributed by atoms with Crippen molar-refractivity contribution >= 4 is 21.8 Å². The van der Waals surface area contributed by atoms with Crippen LogP contribution in [0.3, 0.4) is 0 Å². The zero-order chi connectivity index (χ0) is 12.5. The number of alkyl halides is 3. The highest BCUT2D eigenvalue weighted by atomic mass is 79.9. The summed E-state index contributed by atoms with van der Waals surface area (Å²) in [5.41, 5.74) is 0. The van der Waals surface area contributed by atoms with Crippen LogP contribution in [-0.4, -0.2) is 35.1 Å². The van der Waals surface area contributed by atoms with Crippen LogP contribution in [0.5, 0.6) is 0 Å². The van der Waals surface area contributed by atoms with Crippen LogP contribution < -0.4 is 0 Å². The Labute approximate surface area is 109 Å². The molecule has 98 valence electrons. The first-order valence-corrected chi connectivity index (χ1v) is 7.36. The van der Waals surface area contributed by atoms with Crippen molar-refractivity contribution in [2.75, 3.05) is 18.4 Å². The number of rotatable bonds is 2. The first-order valence-electron chi connectivity index (χ1n) is 6.24. The summed E-state index contributed by atoms with van der Waals surface area (Å²) in [6.07, 6.45) is 1.47. The molecule has 0 spiro atoms. The quantitative estimate of drug-likeness (QED) is 0.718. The van der Waals surface area contributed by atoms with Gasteiger partial charge in [-0.3, -0.25) is 4.79 Å². The minimum absolute atomic E-state index is 0.101. The Morgan fingerprint density at radius 1 is 1.29 bits per heavy atom. The van der Waals surface area contributed by atoms with E-state index in [-0.39, 0.29) is 24.7 Å². The zero-order valence-corrected chi connectivity index (χ0v) is 11.4. The highest BCUT2D eigenvalue weighted by Gasteiger charge is 2.39. The topological polar surface area (TPSA) is 20.3 Å². The molecule has 1 amide bonds. The van der Waals surface area contributed by atoms with E-state index in [9.17, 15) is 13.6 Å². The molecule has 2 fully saturated rings. The van der Waals surface area contributed by atoms with E-state index in [4.69, 9.17) is 0 Å². The maximum absolute atomic E-state index is 13.0. The van der Waals surface area contributed by atoms with Gasteiger partial charge in [0, 0.05) is 37.2 Å². The first kappa shape index (κ1) is 13.2. The van der Waals surface area contributed by atoms with Gasteiger partial charge in [0.2, 0.25) is 11.8 Å². The van der Waals surface area contributed by atoms with Crippen LogP contribution >= 0.6 is 15.9 Å². The van der Waals surface area contributed by atoms with E-state index in [1.165, 1.54) is 0 Å². The predicted octanol–water partition coefficient (Wildman–Crippen LogP) is 3.06. The van der Waals surface area contributed by atoms with Crippen molar-refractivity contribution in [1.82, 2.24) is 4.90 Å². The molecule has 1 aliphatic carbocycles. The van der Waals surface area contributed by atoms with Gasteiger partial charge in [0.25, 0.3) is 0 Å². The first-order chi connectivity index (χ1) is 8.02. The number of nitrogens with zero attached hydrogens (tertiary/aromatic N) is 1. The maximum atomic E-state index is 13.0. The smallest absolute Gasteiger partial charge is 0.248 e. The fourth-order valence-corrected chi connectivity index (χ4v) is 3.23. The Morgan fingerprint density at radius 3 is 2.47 bits per heavy atom. The summed E-state index contributed by atoms with van der Waals surface area (Å²) in [4.78, 5) is 14.0. The number of hydrogen-bond acceptors (Lipinski definition) is 1. The average molecular weight is 310 g/mol. The lowest BCUT2D eigenvalue weighted by Crippen LogP contribution is -2.38. The minimum atomic E-state index is -2.54. The van der Waals surface area contributed by atoms with Gasteiger partial charge in [-0.2, -0.15) is 0 Å². The number of carbonyl (C=O) groups is 1. The second kappa shape index (κ2) is 5.21. The summed E-state index contributed by atoms with van der Waals surface area (Å²) in [5, 5.41) is 0.916. The van der Waals surface area contributed by atoms with Crippen LogP contribution in [0.2, 0.25) is 0 Å². The molecule has 0 radical (unpaired) electrons. The van der Waals surface area contributed by atoms with Crippen molar-refractivity contribution in [3.8, 4) is 0 Å². The van der Waals surface area contributed by atoms with Gasteiger partial charge in [-0.25, -0.2) is 8.78 Å². The van der Waals surface area contributed by atoms with Crippen LogP contribution in [0.1, 0.15) is 32.1 Å². The Morgan fingerprint density at radius 2 is 1.94 bits per heavy atom. The van der Waals surface area contributed by atoms with E-state index in [0.29, 0.717) is 18.8 Å². The number of halogens is 3. The standard InChI is InChI=1S/C12H18BrF2NO/c13-7-9-3-6-16(8-9)11(17)10-1-4-12(14,15)5-2-10/h9-10H,1-8H2. The second-order valence-electron chi connectivity index (χ2n) is 5.22. The highest BCUT2D eigenvalue weighted by molar-refractivity contribution is 9.09. The van der Waals surface area contributed by atoms with E-state index >= 15 is 0 Å². The van der Waals surface area contributed by atoms with E-state index in [2.05, 4.69) is 15.9 Å². The summed E-state index contributed by atoms with van der Waals surface area (Å²) in [6.45, 7) is 1.58. The molecule has 0 aromatic rings. The number of carbonyl (C=O) groups excluding carboxylic acids is 1. The molecule has 5 heteroatoms. The van der Waals surface area contributed by atoms with Gasteiger partial charge >= 0.3 is 0 Å². The Hall–Kier alpha value is -0.190. The molecule has 0 N–H and O–H groups in total. The Bertz CT molecular complexity index is 288. The molecule has 0 bridgehead atoms. The van der Waals surface area contributed by atoms with Gasteiger partial charge in [0.15, 0.2) is 0 Å². The average Bonchev–Trinajstić information content (AvgIpc) is 2.76. The molecule has 2 rings (SSSR count). The third-order valence-electron chi connectivity index (χ3n) is 3.88.